The summed E-state index contributed by atoms with van der Waals surface area (Å²) in [6.45, 7) is 0.216. The molecule has 0 N–H and O–H groups in total. The lowest BCUT2D eigenvalue weighted by Crippen LogP contribution is -1.93. The Bertz CT molecular complexity index is 818. The molecule has 0 spiro atoms. The van der Waals surface area contributed by atoms with Gasteiger partial charge in [0.15, 0.2) is 11.5 Å². The molecule has 5 nitrogen and oxygen atoms in total. The Labute approximate surface area is 131 Å². The molecule has 110 valence electrons. The van der Waals surface area contributed by atoms with E-state index in [9.17, 15) is 0 Å². The van der Waals surface area contributed by atoms with Gasteiger partial charge >= 0.3 is 0 Å². The molecule has 0 bridgehead atoms. The molecule has 0 radical (unpaired) electrons. The highest BCUT2D eigenvalue weighted by molar-refractivity contribution is 7.10. The Balaban J connectivity index is 1.86. The molecule has 0 saturated heterocycles. The van der Waals surface area contributed by atoms with Gasteiger partial charge in [-0.15, -0.1) is 0 Å². The Hall–Kier alpha value is -2.60. The highest BCUT2D eigenvalue weighted by Gasteiger charge is 2.22. The maximum atomic E-state index is 5.49. The number of aromatic nitrogens is 2. The average molecular weight is 312 g/mol. The molecule has 2 aromatic heterocycles. The third kappa shape index (κ3) is 2.08. The zero-order chi connectivity index (χ0) is 14.9. The van der Waals surface area contributed by atoms with Crippen LogP contribution in [0.5, 0.6) is 17.2 Å². The summed E-state index contributed by atoms with van der Waals surface area (Å²) in [6.07, 6.45) is 5.44. The fraction of sp³-hybridized carbons (Fsp3) is 0.125. The van der Waals surface area contributed by atoms with Crippen LogP contribution in [0, 0.1) is 0 Å². The number of pyridine rings is 1. The fourth-order valence-corrected chi connectivity index (χ4v) is 3.19. The number of nitrogens with zero attached hydrogens (tertiary/aromatic N) is 2. The van der Waals surface area contributed by atoms with Crippen molar-refractivity contribution in [1.82, 2.24) is 9.36 Å². The van der Waals surface area contributed by atoms with Crippen molar-refractivity contribution in [3.05, 3.63) is 42.9 Å². The first kappa shape index (κ1) is 13.1. The second-order valence-electron chi connectivity index (χ2n) is 4.72. The van der Waals surface area contributed by atoms with E-state index < -0.39 is 0 Å². The van der Waals surface area contributed by atoms with Crippen molar-refractivity contribution in [3.8, 4) is 38.8 Å². The molecule has 3 heterocycles. The van der Waals surface area contributed by atoms with E-state index in [4.69, 9.17) is 14.2 Å². The summed E-state index contributed by atoms with van der Waals surface area (Å²) >= 11 is 1.43. The van der Waals surface area contributed by atoms with Crippen molar-refractivity contribution in [2.45, 2.75) is 0 Å². The normalized spacial score (nSPS) is 12.4. The molecule has 22 heavy (non-hydrogen) atoms. The van der Waals surface area contributed by atoms with Crippen molar-refractivity contribution in [2.75, 3.05) is 13.9 Å². The maximum absolute atomic E-state index is 5.49. The van der Waals surface area contributed by atoms with Crippen LogP contribution in [-0.4, -0.2) is 23.3 Å². The summed E-state index contributed by atoms with van der Waals surface area (Å²) in [5.41, 5.74) is 3.06. The number of fused-ring (bicyclic) bond motifs is 1. The molecule has 3 aromatic rings. The quantitative estimate of drug-likeness (QED) is 0.739. The van der Waals surface area contributed by atoms with Crippen LogP contribution in [0.15, 0.2) is 42.9 Å². The number of hydrogen-bond acceptors (Lipinski definition) is 6. The first-order valence-electron chi connectivity index (χ1n) is 6.70. The van der Waals surface area contributed by atoms with Crippen LogP contribution in [-0.2, 0) is 0 Å². The molecule has 0 fully saturated rings. The average Bonchev–Trinajstić information content (AvgIpc) is 3.23. The number of methoxy groups -OCH3 is 1. The van der Waals surface area contributed by atoms with Crippen molar-refractivity contribution >= 4 is 11.5 Å². The molecule has 1 aliphatic rings. The van der Waals surface area contributed by atoms with Crippen LogP contribution in [0.3, 0.4) is 0 Å². The van der Waals surface area contributed by atoms with E-state index in [0.717, 1.165) is 21.6 Å². The van der Waals surface area contributed by atoms with Gasteiger partial charge in [0.2, 0.25) is 12.5 Å². The van der Waals surface area contributed by atoms with Crippen LogP contribution < -0.4 is 14.2 Å². The first-order valence-corrected chi connectivity index (χ1v) is 7.47. The second kappa shape index (κ2) is 5.31. The molecule has 6 heteroatoms. The van der Waals surface area contributed by atoms with Gasteiger partial charge in [0.05, 0.1) is 12.0 Å². The lowest BCUT2D eigenvalue weighted by Gasteiger charge is -2.08. The zero-order valence-corrected chi connectivity index (χ0v) is 12.6. The fourth-order valence-electron chi connectivity index (χ4n) is 2.44. The molecule has 0 atom stereocenters. The number of benzene rings is 1. The van der Waals surface area contributed by atoms with E-state index in [1.54, 1.807) is 13.3 Å². The van der Waals surface area contributed by atoms with Gasteiger partial charge < -0.3 is 14.2 Å². The standard InChI is InChI=1S/C16H12N2O3S/c1-19-13-5-11(6-14-15(13)21-9-20-14)16-12(8-18-22-16)10-3-2-4-17-7-10/h2-8H,9H2,1H3. The number of hydrogen-bond donors (Lipinski definition) is 0. The van der Waals surface area contributed by atoms with Crippen LogP contribution in [0.25, 0.3) is 21.6 Å². The molecule has 1 aromatic carbocycles. The summed E-state index contributed by atoms with van der Waals surface area (Å²) < 4.78 is 20.7. The van der Waals surface area contributed by atoms with Gasteiger partial charge in [-0.1, -0.05) is 6.07 Å². The molecule has 0 unspecified atom stereocenters. The van der Waals surface area contributed by atoms with Crippen molar-refractivity contribution in [2.24, 2.45) is 0 Å². The Morgan fingerprint density at radius 3 is 2.95 bits per heavy atom. The predicted octanol–water partition coefficient (Wildman–Crippen LogP) is 3.61. The Morgan fingerprint density at radius 2 is 2.14 bits per heavy atom. The second-order valence-corrected chi connectivity index (χ2v) is 5.52. The Morgan fingerprint density at radius 1 is 1.18 bits per heavy atom. The largest absolute Gasteiger partial charge is 0.493 e. The van der Waals surface area contributed by atoms with Gasteiger partial charge in [-0.3, -0.25) is 4.98 Å². The highest BCUT2D eigenvalue weighted by Crippen LogP contribution is 2.46. The monoisotopic (exact) mass is 312 g/mol. The predicted molar refractivity (Wildman–Crippen MR) is 83.5 cm³/mol. The van der Waals surface area contributed by atoms with Gasteiger partial charge in [-0.25, -0.2) is 0 Å². The number of ether oxygens (including phenoxy) is 3. The van der Waals surface area contributed by atoms with Gasteiger partial charge in [-0.2, -0.15) is 4.37 Å². The summed E-state index contributed by atoms with van der Waals surface area (Å²) in [6, 6.07) is 7.83. The van der Waals surface area contributed by atoms with Gasteiger partial charge in [0, 0.05) is 35.3 Å². The van der Waals surface area contributed by atoms with Gasteiger partial charge in [0.1, 0.15) is 0 Å². The van der Waals surface area contributed by atoms with Crippen molar-refractivity contribution in [1.29, 1.82) is 0 Å². The van der Waals surface area contributed by atoms with E-state index >= 15 is 0 Å². The van der Waals surface area contributed by atoms with Crippen molar-refractivity contribution < 1.29 is 14.2 Å². The third-order valence-electron chi connectivity index (χ3n) is 3.46. The van der Waals surface area contributed by atoms with Crippen molar-refractivity contribution in [3.63, 3.8) is 0 Å². The van der Waals surface area contributed by atoms with E-state index in [-0.39, 0.29) is 6.79 Å². The maximum Gasteiger partial charge on any atom is 0.231 e. The lowest BCUT2D eigenvalue weighted by molar-refractivity contribution is 0.171. The molecule has 0 saturated carbocycles. The SMILES string of the molecule is COc1cc(-c2sncc2-c2cccnc2)cc2c1OCO2. The smallest absolute Gasteiger partial charge is 0.231 e. The molecular weight excluding hydrogens is 300 g/mol. The summed E-state index contributed by atoms with van der Waals surface area (Å²) in [7, 11) is 1.62. The highest BCUT2D eigenvalue weighted by atomic mass is 32.1. The van der Waals surface area contributed by atoms with E-state index in [0.29, 0.717) is 17.2 Å². The minimum atomic E-state index is 0.216. The minimum absolute atomic E-state index is 0.216. The molecule has 4 rings (SSSR count). The van der Waals surface area contributed by atoms with Crippen LogP contribution in [0.4, 0.5) is 0 Å². The van der Waals surface area contributed by atoms with Gasteiger partial charge in [-0.05, 0) is 29.7 Å². The summed E-state index contributed by atoms with van der Waals surface area (Å²) in [5.74, 6) is 2.01. The molecule has 1 aliphatic heterocycles. The van der Waals surface area contributed by atoms with E-state index in [2.05, 4.69) is 9.36 Å². The van der Waals surface area contributed by atoms with Crippen LogP contribution in [0.2, 0.25) is 0 Å². The topological polar surface area (TPSA) is 53.5 Å². The molecular formula is C16H12N2O3S. The summed E-state index contributed by atoms with van der Waals surface area (Å²) in [5, 5.41) is 0. The van der Waals surface area contributed by atoms with Crippen LogP contribution >= 0.6 is 11.5 Å². The number of rotatable bonds is 3. The van der Waals surface area contributed by atoms with E-state index in [1.807, 2.05) is 36.7 Å². The summed E-state index contributed by atoms with van der Waals surface area (Å²) in [4.78, 5) is 5.22. The molecule has 0 aliphatic carbocycles. The minimum Gasteiger partial charge on any atom is -0.493 e. The molecule has 0 amide bonds. The Kier molecular flexibility index (Phi) is 3.16. The van der Waals surface area contributed by atoms with Gasteiger partial charge in [0.25, 0.3) is 0 Å². The first-order chi connectivity index (χ1) is 10.9. The zero-order valence-electron chi connectivity index (χ0n) is 11.8. The van der Waals surface area contributed by atoms with E-state index in [1.165, 1.54) is 11.5 Å². The lowest BCUT2D eigenvalue weighted by atomic mass is 10.0. The van der Waals surface area contributed by atoms with Crippen LogP contribution in [0.1, 0.15) is 0 Å². The third-order valence-corrected chi connectivity index (χ3v) is 4.31.